The number of likely N-dealkylation sites (tertiary alicyclic amines) is 1. The lowest BCUT2D eigenvalue weighted by molar-refractivity contribution is -0.129. The van der Waals surface area contributed by atoms with Gasteiger partial charge in [-0.25, -0.2) is 0 Å². The number of aromatic nitrogens is 1. The number of amides is 1. The molecule has 1 amide bonds. The van der Waals surface area contributed by atoms with Gasteiger partial charge in [0.1, 0.15) is 0 Å². The summed E-state index contributed by atoms with van der Waals surface area (Å²) < 4.78 is 5.81. The molecule has 5 heteroatoms. The lowest BCUT2D eigenvalue weighted by Crippen LogP contribution is -2.52. The van der Waals surface area contributed by atoms with E-state index in [2.05, 4.69) is 21.3 Å². The first-order valence-electron chi connectivity index (χ1n) is 7.24. The number of piperidine rings is 1. The summed E-state index contributed by atoms with van der Waals surface area (Å²) >= 11 is 0. The number of hydrogen-bond acceptors (Lipinski definition) is 4. The van der Waals surface area contributed by atoms with E-state index in [1.807, 2.05) is 12.3 Å². The number of fused-ring (bicyclic) bond motifs is 1. The summed E-state index contributed by atoms with van der Waals surface area (Å²) in [6.45, 7) is 2.45. The maximum absolute atomic E-state index is 11.9. The normalized spacial score (nSPS) is 29.9. The first-order valence-corrected chi connectivity index (χ1v) is 7.24. The SMILES string of the molecule is CNC(=O)[C@H]1C[C@H]2OCC[C@H]2N(Cc2cccnc2)C1. The summed E-state index contributed by atoms with van der Waals surface area (Å²) in [7, 11) is 1.70. The Kier molecular flexibility index (Phi) is 3.98. The second-order valence-electron chi connectivity index (χ2n) is 5.60. The van der Waals surface area contributed by atoms with Crippen LogP contribution in [-0.4, -0.2) is 48.1 Å². The third kappa shape index (κ3) is 2.69. The molecule has 0 bridgehead atoms. The average molecular weight is 275 g/mol. The van der Waals surface area contributed by atoms with Crippen LogP contribution in [0.3, 0.4) is 0 Å². The topological polar surface area (TPSA) is 54.5 Å². The molecule has 1 aromatic rings. The van der Waals surface area contributed by atoms with E-state index in [1.54, 1.807) is 13.2 Å². The van der Waals surface area contributed by atoms with Crippen molar-refractivity contribution in [1.29, 1.82) is 0 Å². The fourth-order valence-electron chi connectivity index (χ4n) is 3.36. The molecular formula is C15H21N3O2. The molecule has 1 N–H and O–H groups in total. The van der Waals surface area contributed by atoms with Crippen LogP contribution in [0, 0.1) is 5.92 Å². The maximum Gasteiger partial charge on any atom is 0.224 e. The Morgan fingerprint density at radius 2 is 2.50 bits per heavy atom. The highest BCUT2D eigenvalue weighted by Gasteiger charge is 2.41. The molecular weight excluding hydrogens is 254 g/mol. The molecule has 3 heterocycles. The van der Waals surface area contributed by atoms with E-state index in [-0.39, 0.29) is 17.9 Å². The number of pyridine rings is 1. The minimum Gasteiger partial charge on any atom is -0.377 e. The minimum absolute atomic E-state index is 0.0241. The van der Waals surface area contributed by atoms with Gasteiger partial charge in [-0.15, -0.1) is 0 Å². The van der Waals surface area contributed by atoms with Crippen molar-refractivity contribution >= 4 is 5.91 Å². The van der Waals surface area contributed by atoms with E-state index in [4.69, 9.17) is 4.74 Å². The van der Waals surface area contributed by atoms with Crippen LogP contribution in [0.25, 0.3) is 0 Å². The van der Waals surface area contributed by atoms with Crippen molar-refractivity contribution in [2.24, 2.45) is 5.92 Å². The molecule has 1 aromatic heterocycles. The predicted molar refractivity (Wildman–Crippen MR) is 75.0 cm³/mol. The van der Waals surface area contributed by atoms with Crippen LogP contribution in [0.4, 0.5) is 0 Å². The van der Waals surface area contributed by atoms with Gasteiger partial charge in [0.2, 0.25) is 5.91 Å². The lowest BCUT2D eigenvalue weighted by atomic mass is 9.89. The van der Waals surface area contributed by atoms with Crippen molar-refractivity contribution in [1.82, 2.24) is 15.2 Å². The Hall–Kier alpha value is -1.46. The monoisotopic (exact) mass is 275 g/mol. The van der Waals surface area contributed by atoms with Gasteiger partial charge in [-0.3, -0.25) is 14.7 Å². The van der Waals surface area contributed by atoms with Gasteiger partial charge in [-0.05, 0) is 24.5 Å². The van der Waals surface area contributed by atoms with Gasteiger partial charge < -0.3 is 10.1 Å². The fraction of sp³-hybridized carbons (Fsp3) is 0.600. The second-order valence-corrected chi connectivity index (χ2v) is 5.60. The minimum atomic E-state index is 0.0241. The Morgan fingerprint density at radius 3 is 3.25 bits per heavy atom. The van der Waals surface area contributed by atoms with Gasteiger partial charge in [0.15, 0.2) is 0 Å². The highest BCUT2D eigenvalue weighted by molar-refractivity contribution is 5.78. The highest BCUT2D eigenvalue weighted by Crippen LogP contribution is 2.32. The van der Waals surface area contributed by atoms with Gasteiger partial charge in [0.05, 0.1) is 12.0 Å². The predicted octanol–water partition coefficient (Wildman–Crippen LogP) is 0.807. The van der Waals surface area contributed by atoms with Crippen LogP contribution < -0.4 is 5.32 Å². The molecule has 20 heavy (non-hydrogen) atoms. The van der Waals surface area contributed by atoms with Gasteiger partial charge in [-0.2, -0.15) is 0 Å². The highest BCUT2D eigenvalue weighted by atomic mass is 16.5. The Bertz CT molecular complexity index is 465. The molecule has 2 aliphatic heterocycles. The first kappa shape index (κ1) is 13.5. The summed E-state index contributed by atoms with van der Waals surface area (Å²) in [4.78, 5) is 18.5. The number of rotatable bonds is 3. The van der Waals surface area contributed by atoms with Crippen molar-refractivity contribution in [3.63, 3.8) is 0 Å². The molecule has 3 atom stereocenters. The summed E-state index contributed by atoms with van der Waals surface area (Å²) in [5.41, 5.74) is 1.19. The molecule has 2 fully saturated rings. The molecule has 0 radical (unpaired) electrons. The molecule has 108 valence electrons. The van der Waals surface area contributed by atoms with Crippen LogP contribution in [0.5, 0.6) is 0 Å². The number of nitrogens with zero attached hydrogens (tertiary/aromatic N) is 2. The molecule has 0 saturated carbocycles. The van der Waals surface area contributed by atoms with Crippen LogP contribution in [0.2, 0.25) is 0 Å². The number of ether oxygens (including phenoxy) is 1. The number of carbonyl (C=O) groups excluding carboxylic acids is 1. The van der Waals surface area contributed by atoms with E-state index in [0.29, 0.717) is 6.04 Å². The number of hydrogen-bond donors (Lipinski definition) is 1. The van der Waals surface area contributed by atoms with Crippen LogP contribution in [0.1, 0.15) is 18.4 Å². The van der Waals surface area contributed by atoms with Crippen molar-refractivity contribution in [2.45, 2.75) is 31.5 Å². The van der Waals surface area contributed by atoms with Crippen LogP contribution in [-0.2, 0) is 16.1 Å². The summed E-state index contributed by atoms with van der Waals surface area (Å²) in [5, 5.41) is 2.77. The Balaban J connectivity index is 1.74. The van der Waals surface area contributed by atoms with Crippen LogP contribution in [0.15, 0.2) is 24.5 Å². The zero-order valence-corrected chi connectivity index (χ0v) is 11.8. The third-order valence-electron chi connectivity index (χ3n) is 4.34. The Labute approximate surface area is 119 Å². The zero-order valence-electron chi connectivity index (χ0n) is 11.8. The Morgan fingerprint density at radius 1 is 1.60 bits per heavy atom. The largest absolute Gasteiger partial charge is 0.377 e. The summed E-state index contributed by atoms with van der Waals surface area (Å²) in [5.74, 6) is 0.145. The first-order chi connectivity index (χ1) is 9.78. The third-order valence-corrected chi connectivity index (χ3v) is 4.34. The van der Waals surface area contributed by atoms with Crippen molar-refractivity contribution < 1.29 is 9.53 Å². The number of carbonyl (C=O) groups is 1. The fourth-order valence-corrected chi connectivity index (χ4v) is 3.36. The van der Waals surface area contributed by atoms with E-state index >= 15 is 0 Å². The van der Waals surface area contributed by atoms with Crippen LogP contribution >= 0.6 is 0 Å². The summed E-state index contributed by atoms with van der Waals surface area (Å²) in [6, 6.07) is 4.48. The number of nitrogens with one attached hydrogen (secondary N) is 1. The molecule has 3 rings (SSSR count). The standard InChI is InChI=1S/C15H21N3O2/c1-16-15(19)12-7-14-13(4-6-20-14)18(10-12)9-11-3-2-5-17-8-11/h2-3,5,8,12-14H,4,6-7,9-10H2,1H3,(H,16,19)/t12-,13+,14+/m0/s1. The molecule has 0 unspecified atom stereocenters. The molecule has 2 saturated heterocycles. The summed E-state index contributed by atoms with van der Waals surface area (Å²) in [6.07, 6.45) is 5.78. The van der Waals surface area contributed by atoms with Gasteiger partial charge in [0.25, 0.3) is 0 Å². The van der Waals surface area contributed by atoms with E-state index in [9.17, 15) is 4.79 Å². The molecule has 0 aliphatic carbocycles. The molecule has 0 aromatic carbocycles. The van der Waals surface area contributed by atoms with Gasteiger partial charge in [-0.1, -0.05) is 6.07 Å². The quantitative estimate of drug-likeness (QED) is 0.887. The molecule has 5 nitrogen and oxygen atoms in total. The van der Waals surface area contributed by atoms with E-state index in [0.717, 1.165) is 32.5 Å². The van der Waals surface area contributed by atoms with Crippen molar-refractivity contribution in [3.8, 4) is 0 Å². The maximum atomic E-state index is 11.9. The van der Waals surface area contributed by atoms with E-state index < -0.39 is 0 Å². The molecule has 2 aliphatic rings. The zero-order chi connectivity index (χ0) is 13.9. The van der Waals surface area contributed by atoms with E-state index in [1.165, 1.54) is 5.56 Å². The lowest BCUT2D eigenvalue weighted by Gasteiger charge is -2.40. The van der Waals surface area contributed by atoms with Gasteiger partial charge in [0, 0.05) is 45.2 Å². The van der Waals surface area contributed by atoms with Crippen molar-refractivity contribution in [3.05, 3.63) is 30.1 Å². The second kappa shape index (κ2) is 5.89. The average Bonchev–Trinajstić information content (AvgIpc) is 2.96. The van der Waals surface area contributed by atoms with Crippen molar-refractivity contribution in [2.75, 3.05) is 20.2 Å². The van der Waals surface area contributed by atoms with Gasteiger partial charge >= 0.3 is 0 Å². The smallest absolute Gasteiger partial charge is 0.224 e. The molecule has 0 spiro atoms.